The molecule has 0 amide bonds. The minimum Gasteiger partial charge on any atom is -0.465 e. The van der Waals surface area contributed by atoms with Crippen LogP contribution in [0.4, 0.5) is 0 Å². The molecule has 1 aromatic carbocycles. The van der Waals surface area contributed by atoms with Gasteiger partial charge in [-0.1, -0.05) is 62.9 Å². The molecule has 0 bridgehead atoms. The van der Waals surface area contributed by atoms with Gasteiger partial charge in [0.15, 0.2) is 6.29 Å². The van der Waals surface area contributed by atoms with Crippen molar-refractivity contribution in [3.05, 3.63) is 35.9 Å². The van der Waals surface area contributed by atoms with Crippen LogP contribution in [0.5, 0.6) is 0 Å². The summed E-state index contributed by atoms with van der Waals surface area (Å²) in [6, 6.07) is 8.99. The Labute approximate surface area is 131 Å². The third-order valence-electron chi connectivity index (χ3n) is 3.72. The zero-order chi connectivity index (χ0) is 15.8. The van der Waals surface area contributed by atoms with Crippen LogP contribution in [-0.2, 0) is 29.8 Å². The van der Waals surface area contributed by atoms with Crippen molar-refractivity contribution in [1.82, 2.24) is 0 Å². The van der Waals surface area contributed by atoms with Crippen molar-refractivity contribution in [3.8, 4) is 0 Å². The summed E-state index contributed by atoms with van der Waals surface area (Å²) >= 11 is 0. The first-order valence-electron chi connectivity index (χ1n) is 7.89. The molecule has 1 saturated heterocycles. The largest absolute Gasteiger partial charge is 0.465 e. The van der Waals surface area contributed by atoms with Crippen molar-refractivity contribution in [2.75, 3.05) is 7.11 Å². The number of hydrogen-bond acceptors (Lipinski definition) is 5. The average Bonchev–Trinajstić information content (AvgIpc) is 3.00. The van der Waals surface area contributed by atoms with E-state index in [0.717, 1.165) is 12.8 Å². The minimum absolute atomic E-state index is 0.555. The number of hydrogen-bond donors (Lipinski definition) is 0. The highest BCUT2D eigenvalue weighted by molar-refractivity contribution is 5.79. The van der Waals surface area contributed by atoms with Gasteiger partial charge in [-0.2, -0.15) is 4.89 Å². The standard InChI is InChI=1S/C17H24O5/c1-3-4-5-6-10-13-15-20-17(22-21-15,16(18)19-2)14-11-8-7-9-12-14/h7-9,11-12,15H,3-6,10,13H2,1-2H3. The summed E-state index contributed by atoms with van der Waals surface area (Å²) in [7, 11) is 1.30. The summed E-state index contributed by atoms with van der Waals surface area (Å²) < 4.78 is 10.6. The molecule has 5 heteroatoms. The van der Waals surface area contributed by atoms with Crippen LogP contribution in [0.15, 0.2) is 30.3 Å². The first kappa shape index (κ1) is 16.9. The third-order valence-corrected chi connectivity index (χ3v) is 3.72. The van der Waals surface area contributed by atoms with Gasteiger partial charge >= 0.3 is 11.8 Å². The second-order valence-corrected chi connectivity index (χ2v) is 5.40. The number of carbonyl (C=O) groups excluding carboxylic acids is 1. The monoisotopic (exact) mass is 308 g/mol. The fraction of sp³-hybridized carbons (Fsp3) is 0.588. The lowest BCUT2D eigenvalue weighted by Gasteiger charge is -2.22. The van der Waals surface area contributed by atoms with E-state index in [1.165, 1.54) is 26.4 Å². The molecule has 1 aromatic rings. The van der Waals surface area contributed by atoms with Crippen molar-refractivity contribution >= 4 is 5.97 Å². The topological polar surface area (TPSA) is 54.0 Å². The Morgan fingerprint density at radius 3 is 2.59 bits per heavy atom. The average molecular weight is 308 g/mol. The molecule has 2 rings (SSSR count). The zero-order valence-electron chi connectivity index (χ0n) is 13.2. The van der Waals surface area contributed by atoms with Gasteiger partial charge in [0.25, 0.3) is 0 Å². The first-order valence-corrected chi connectivity index (χ1v) is 7.89. The van der Waals surface area contributed by atoms with E-state index in [9.17, 15) is 4.79 Å². The van der Waals surface area contributed by atoms with E-state index in [1.807, 2.05) is 18.2 Å². The van der Waals surface area contributed by atoms with E-state index in [1.54, 1.807) is 12.1 Å². The van der Waals surface area contributed by atoms with Gasteiger partial charge < -0.3 is 9.47 Å². The van der Waals surface area contributed by atoms with E-state index in [4.69, 9.17) is 19.2 Å². The molecule has 1 heterocycles. The van der Waals surface area contributed by atoms with Gasteiger partial charge in [-0.15, -0.1) is 0 Å². The number of unbranched alkanes of at least 4 members (excludes halogenated alkanes) is 4. The number of esters is 1. The van der Waals surface area contributed by atoms with Gasteiger partial charge in [0.2, 0.25) is 0 Å². The number of methoxy groups -OCH3 is 1. The smallest absolute Gasteiger partial charge is 0.374 e. The zero-order valence-corrected chi connectivity index (χ0v) is 13.2. The predicted molar refractivity (Wildman–Crippen MR) is 80.6 cm³/mol. The second-order valence-electron chi connectivity index (χ2n) is 5.40. The summed E-state index contributed by atoms with van der Waals surface area (Å²) in [5.74, 6) is -2.24. The number of rotatable bonds is 8. The van der Waals surface area contributed by atoms with Crippen molar-refractivity contribution in [2.24, 2.45) is 0 Å². The quantitative estimate of drug-likeness (QED) is 0.416. The van der Waals surface area contributed by atoms with Crippen molar-refractivity contribution in [3.63, 3.8) is 0 Å². The lowest BCUT2D eigenvalue weighted by molar-refractivity contribution is -0.330. The molecule has 5 nitrogen and oxygen atoms in total. The SMILES string of the molecule is CCCCCCCC1OOC(C(=O)OC)(c2ccccc2)O1. The summed E-state index contributed by atoms with van der Waals surface area (Å²) in [5.41, 5.74) is 0.565. The molecule has 0 aliphatic carbocycles. The maximum Gasteiger partial charge on any atom is 0.374 e. The molecule has 0 aromatic heterocycles. The molecule has 122 valence electrons. The van der Waals surface area contributed by atoms with E-state index in [-0.39, 0.29) is 0 Å². The Hall–Kier alpha value is -1.43. The van der Waals surface area contributed by atoms with E-state index < -0.39 is 18.0 Å². The molecule has 22 heavy (non-hydrogen) atoms. The van der Waals surface area contributed by atoms with Gasteiger partial charge in [-0.25, -0.2) is 9.68 Å². The van der Waals surface area contributed by atoms with Crippen molar-refractivity contribution in [1.29, 1.82) is 0 Å². The molecule has 0 radical (unpaired) electrons. The molecule has 0 saturated carbocycles. The highest BCUT2D eigenvalue weighted by atomic mass is 17.3. The molecule has 1 aliphatic heterocycles. The third kappa shape index (κ3) is 3.85. The Morgan fingerprint density at radius 1 is 1.18 bits per heavy atom. The van der Waals surface area contributed by atoms with Gasteiger partial charge in [-0.05, 0) is 6.42 Å². The van der Waals surface area contributed by atoms with Gasteiger partial charge in [0.1, 0.15) is 0 Å². The fourth-order valence-electron chi connectivity index (χ4n) is 2.48. The highest BCUT2D eigenvalue weighted by Crippen LogP contribution is 2.37. The van der Waals surface area contributed by atoms with Crippen LogP contribution < -0.4 is 0 Å². The summed E-state index contributed by atoms with van der Waals surface area (Å²) in [6.45, 7) is 2.18. The van der Waals surface area contributed by atoms with Gasteiger partial charge in [0, 0.05) is 12.0 Å². The molecule has 2 atom stereocenters. The van der Waals surface area contributed by atoms with Crippen LogP contribution in [0.1, 0.15) is 51.0 Å². The normalized spacial score (nSPS) is 24.4. The maximum absolute atomic E-state index is 12.1. The summed E-state index contributed by atoms with van der Waals surface area (Å²) in [4.78, 5) is 22.6. The van der Waals surface area contributed by atoms with Crippen LogP contribution in [0.3, 0.4) is 0 Å². The van der Waals surface area contributed by atoms with E-state index in [2.05, 4.69) is 6.92 Å². The molecular formula is C17H24O5. The molecule has 1 aliphatic rings. The molecule has 0 spiro atoms. The highest BCUT2D eigenvalue weighted by Gasteiger charge is 2.53. The summed E-state index contributed by atoms with van der Waals surface area (Å²) in [5, 5.41) is 0. The Kier molecular flexibility index (Phi) is 6.36. The van der Waals surface area contributed by atoms with Crippen molar-refractivity contribution in [2.45, 2.75) is 57.5 Å². The van der Waals surface area contributed by atoms with Crippen LogP contribution in [-0.4, -0.2) is 19.4 Å². The molecule has 0 N–H and O–H groups in total. The van der Waals surface area contributed by atoms with Crippen LogP contribution in [0.25, 0.3) is 0 Å². The number of carbonyl (C=O) groups is 1. The number of benzene rings is 1. The Balaban J connectivity index is 1.97. The lowest BCUT2D eigenvalue weighted by Crippen LogP contribution is -2.38. The maximum atomic E-state index is 12.1. The minimum atomic E-state index is -1.62. The Bertz CT molecular complexity index is 461. The van der Waals surface area contributed by atoms with E-state index in [0.29, 0.717) is 12.0 Å². The molecule has 1 fully saturated rings. The Morgan fingerprint density at radius 2 is 1.91 bits per heavy atom. The second kappa shape index (κ2) is 8.27. The lowest BCUT2D eigenvalue weighted by atomic mass is 10.1. The van der Waals surface area contributed by atoms with Gasteiger partial charge in [-0.3, -0.25) is 0 Å². The number of ether oxygens (including phenoxy) is 2. The van der Waals surface area contributed by atoms with Crippen LogP contribution in [0, 0.1) is 0 Å². The predicted octanol–water partition coefficient (Wildman–Crippen LogP) is 3.68. The fourth-order valence-corrected chi connectivity index (χ4v) is 2.48. The molecular weight excluding hydrogens is 284 g/mol. The van der Waals surface area contributed by atoms with Gasteiger partial charge in [0.05, 0.1) is 7.11 Å². The molecule has 2 unspecified atom stereocenters. The van der Waals surface area contributed by atoms with Crippen LogP contribution in [0.2, 0.25) is 0 Å². The first-order chi connectivity index (χ1) is 10.7. The summed E-state index contributed by atoms with van der Waals surface area (Å²) in [6.07, 6.45) is 5.87. The van der Waals surface area contributed by atoms with Crippen LogP contribution >= 0.6 is 0 Å². The van der Waals surface area contributed by atoms with E-state index >= 15 is 0 Å². The van der Waals surface area contributed by atoms with Crippen molar-refractivity contribution < 1.29 is 24.0 Å².